The lowest BCUT2D eigenvalue weighted by Gasteiger charge is -2.19. The average molecular weight is 347 g/mol. The maximum Gasteiger partial charge on any atom is 0.407 e. The number of ether oxygens (including phenoxy) is 2. The van der Waals surface area contributed by atoms with Crippen LogP contribution in [0.4, 0.5) is 4.79 Å². The molecule has 1 rings (SSSR count). The monoisotopic (exact) mass is 347 g/mol. The van der Waals surface area contributed by atoms with Crippen molar-refractivity contribution in [2.45, 2.75) is 58.7 Å². The van der Waals surface area contributed by atoms with Crippen molar-refractivity contribution in [1.29, 1.82) is 0 Å². The molecule has 0 saturated carbocycles. The lowest BCUT2D eigenvalue weighted by Crippen LogP contribution is -2.32. The number of carbonyl (C=O) groups excluding carboxylic acids is 2. The van der Waals surface area contributed by atoms with Crippen LogP contribution < -0.4 is 5.32 Å². The molecule has 0 saturated heterocycles. The summed E-state index contributed by atoms with van der Waals surface area (Å²) in [6.07, 6.45) is 5.88. The van der Waals surface area contributed by atoms with Crippen molar-refractivity contribution in [2.24, 2.45) is 0 Å². The molecule has 1 aromatic rings. The van der Waals surface area contributed by atoms with Gasteiger partial charge in [-0.2, -0.15) is 0 Å². The lowest BCUT2D eigenvalue weighted by atomic mass is 10.2. The van der Waals surface area contributed by atoms with E-state index in [1.54, 1.807) is 12.1 Å². The first-order chi connectivity index (χ1) is 11.8. The molecule has 5 nitrogen and oxygen atoms in total. The number of hydrogen-bond acceptors (Lipinski definition) is 4. The smallest absolute Gasteiger partial charge is 0.407 e. The van der Waals surface area contributed by atoms with E-state index in [4.69, 9.17) is 9.47 Å². The molecular formula is C20H29NO4. The maximum atomic E-state index is 11.9. The van der Waals surface area contributed by atoms with Crippen molar-refractivity contribution in [3.8, 4) is 0 Å². The van der Waals surface area contributed by atoms with Crippen molar-refractivity contribution in [1.82, 2.24) is 5.32 Å². The zero-order valence-electron chi connectivity index (χ0n) is 15.6. The molecule has 0 aliphatic rings. The summed E-state index contributed by atoms with van der Waals surface area (Å²) in [7, 11) is 0. The van der Waals surface area contributed by atoms with Gasteiger partial charge in [0.15, 0.2) is 0 Å². The molecule has 25 heavy (non-hydrogen) atoms. The van der Waals surface area contributed by atoms with Crippen LogP contribution in [0.2, 0.25) is 0 Å². The van der Waals surface area contributed by atoms with Crippen molar-refractivity contribution < 1.29 is 19.1 Å². The predicted octanol–water partition coefficient (Wildman–Crippen LogP) is 4.48. The number of hydrogen-bond donors (Lipinski definition) is 1. The van der Waals surface area contributed by atoms with Gasteiger partial charge < -0.3 is 14.8 Å². The highest BCUT2D eigenvalue weighted by molar-refractivity contribution is 5.89. The molecule has 0 aliphatic heterocycles. The molecule has 1 atom stereocenters. The quantitative estimate of drug-likeness (QED) is 0.428. The Morgan fingerprint density at radius 2 is 1.84 bits per heavy atom. The molecule has 0 fully saturated rings. The van der Waals surface area contributed by atoms with Gasteiger partial charge in [0.05, 0.1) is 5.56 Å². The van der Waals surface area contributed by atoms with E-state index in [1.165, 1.54) is 0 Å². The van der Waals surface area contributed by atoms with Gasteiger partial charge in [0.1, 0.15) is 11.7 Å². The van der Waals surface area contributed by atoms with E-state index in [0.717, 1.165) is 19.3 Å². The highest BCUT2D eigenvalue weighted by Crippen LogP contribution is 2.07. The summed E-state index contributed by atoms with van der Waals surface area (Å²) in [6, 6.07) is 8.94. The van der Waals surface area contributed by atoms with Crippen molar-refractivity contribution in [2.75, 3.05) is 6.54 Å². The Balaban J connectivity index is 2.13. The normalized spacial score (nSPS) is 12.6. The third kappa shape index (κ3) is 10.2. The van der Waals surface area contributed by atoms with Crippen LogP contribution in [0.3, 0.4) is 0 Å². The minimum Gasteiger partial charge on any atom is -0.455 e. The predicted molar refractivity (Wildman–Crippen MR) is 98.5 cm³/mol. The van der Waals surface area contributed by atoms with Crippen LogP contribution in [0, 0.1) is 0 Å². The number of unbranched alkanes of at least 4 members (excludes halogenated alkanes) is 2. The van der Waals surface area contributed by atoms with Crippen LogP contribution in [0.5, 0.6) is 0 Å². The molecule has 0 radical (unpaired) electrons. The third-order valence-electron chi connectivity index (χ3n) is 3.18. The van der Waals surface area contributed by atoms with Gasteiger partial charge in [-0.1, -0.05) is 24.3 Å². The largest absolute Gasteiger partial charge is 0.455 e. The molecule has 5 heteroatoms. The highest BCUT2D eigenvalue weighted by atomic mass is 16.6. The minimum absolute atomic E-state index is 0.271. The summed E-state index contributed by atoms with van der Waals surface area (Å²) >= 11 is 0. The van der Waals surface area contributed by atoms with E-state index in [2.05, 4.69) is 5.32 Å². The number of nitrogens with one attached hydrogen (secondary N) is 1. The third-order valence-corrected chi connectivity index (χ3v) is 3.18. The van der Waals surface area contributed by atoms with Gasteiger partial charge in [-0.05, 0) is 65.2 Å². The van der Waals surface area contributed by atoms with Crippen molar-refractivity contribution in [3.05, 3.63) is 48.0 Å². The van der Waals surface area contributed by atoms with Crippen molar-refractivity contribution in [3.63, 3.8) is 0 Å². The summed E-state index contributed by atoms with van der Waals surface area (Å²) in [5, 5.41) is 2.73. The van der Waals surface area contributed by atoms with Gasteiger partial charge in [-0.3, -0.25) is 0 Å². The summed E-state index contributed by atoms with van der Waals surface area (Å²) in [5.41, 5.74) is 0.0797. The molecule has 138 valence electrons. The molecule has 1 unspecified atom stereocenters. The molecule has 1 aromatic carbocycles. The molecule has 1 N–H and O–H groups in total. The second-order valence-corrected chi connectivity index (χ2v) is 6.83. The number of esters is 1. The molecule has 0 aliphatic carbocycles. The first kappa shape index (κ1) is 20.7. The highest BCUT2D eigenvalue weighted by Gasteiger charge is 2.15. The summed E-state index contributed by atoms with van der Waals surface area (Å²) in [4.78, 5) is 23.3. The topological polar surface area (TPSA) is 64.6 Å². The standard InChI is InChI=1S/C20H29NO4/c1-16(24-18(22)17-13-9-7-10-14-17)12-8-5-6-11-15-21-19(23)25-20(2,3)4/h7-10,12-14,16H,5-6,11,15H2,1-4H3,(H,21,23)/b12-8+. The zero-order valence-corrected chi connectivity index (χ0v) is 15.6. The number of rotatable bonds is 8. The number of alkyl carbamates (subject to hydrolysis) is 1. The first-order valence-electron chi connectivity index (χ1n) is 8.67. The fourth-order valence-corrected chi connectivity index (χ4v) is 2.03. The van der Waals surface area contributed by atoms with Crippen LogP contribution >= 0.6 is 0 Å². The zero-order chi connectivity index (χ0) is 18.7. The Bertz CT molecular complexity index is 561. The summed E-state index contributed by atoms with van der Waals surface area (Å²) in [5.74, 6) is -0.320. The van der Waals surface area contributed by atoms with E-state index in [-0.39, 0.29) is 18.2 Å². The van der Waals surface area contributed by atoms with E-state index in [1.807, 2.05) is 58.0 Å². The Kier molecular flexibility index (Phi) is 8.75. The van der Waals surface area contributed by atoms with Gasteiger partial charge in [0, 0.05) is 6.54 Å². The average Bonchev–Trinajstić information content (AvgIpc) is 2.53. The number of carbonyl (C=O) groups is 2. The fourth-order valence-electron chi connectivity index (χ4n) is 2.03. The summed E-state index contributed by atoms with van der Waals surface area (Å²) in [6.45, 7) is 7.93. The van der Waals surface area contributed by atoms with Crippen LogP contribution in [-0.4, -0.2) is 30.3 Å². The Hall–Kier alpha value is -2.30. The van der Waals surface area contributed by atoms with E-state index in [0.29, 0.717) is 12.1 Å². The number of amides is 1. The molecule has 0 aromatic heterocycles. The van der Waals surface area contributed by atoms with Crippen LogP contribution in [0.25, 0.3) is 0 Å². The number of allylic oxidation sites excluding steroid dienone is 1. The molecule has 1 amide bonds. The molecular weight excluding hydrogens is 318 g/mol. The van der Waals surface area contributed by atoms with Gasteiger partial charge in [-0.25, -0.2) is 9.59 Å². The van der Waals surface area contributed by atoms with Crippen LogP contribution in [-0.2, 0) is 9.47 Å². The van der Waals surface area contributed by atoms with Crippen molar-refractivity contribution >= 4 is 12.1 Å². The Labute approximate surface area is 150 Å². The SMILES string of the molecule is CC(/C=C/CCCCNC(=O)OC(C)(C)C)OC(=O)c1ccccc1. The molecule has 0 bridgehead atoms. The molecule has 0 heterocycles. The van der Waals surface area contributed by atoms with E-state index in [9.17, 15) is 9.59 Å². The second-order valence-electron chi connectivity index (χ2n) is 6.83. The fraction of sp³-hybridized carbons (Fsp3) is 0.500. The lowest BCUT2D eigenvalue weighted by molar-refractivity contribution is 0.0423. The van der Waals surface area contributed by atoms with E-state index >= 15 is 0 Å². The van der Waals surface area contributed by atoms with Gasteiger partial charge in [0.2, 0.25) is 0 Å². The van der Waals surface area contributed by atoms with E-state index < -0.39 is 5.60 Å². The summed E-state index contributed by atoms with van der Waals surface area (Å²) < 4.78 is 10.5. The Morgan fingerprint density at radius 3 is 2.48 bits per heavy atom. The minimum atomic E-state index is -0.472. The number of benzene rings is 1. The van der Waals surface area contributed by atoms with Gasteiger partial charge in [0.25, 0.3) is 0 Å². The Morgan fingerprint density at radius 1 is 1.16 bits per heavy atom. The van der Waals surface area contributed by atoms with Gasteiger partial charge >= 0.3 is 12.1 Å². The van der Waals surface area contributed by atoms with Crippen LogP contribution in [0.1, 0.15) is 57.3 Å². The second kappa shape index (κ2) is 10.5. The molecule has 0 spiro atoms. The van der Waals surface area contributed by atoms with Crippen LogP contribution in [0.15, 0.2) is 42.5 Å². The first-order valence-corrected chi connectivity index (χ1v) is 8.67. The maximum absolute atomic E-state index is 11.9. The van der Waals surface area contributed by atoms with Gasteiger partial charge in [-0.15, -0.1) is 0 Å².